The number of carboxylic acids is 1. The first-order valence-electron chi connectivity index (χ1n) is 6.61. The molecule has 0 aliphatic carbocycles. The minimum Gasteiger partial charge on any atom is -0.481 e. The average Bonchev–Trinajstić information content (AvgIpc) is 2.95. The van der Waals surface area contributed by atoms with Crippen LogP contribution in [0, 0.1) is 5.41 Å². The van der Waals surface area contributed by atoms with Crippen molar-refractivity contribution in [2.45, 2.75) is 13.8 Å². The zero-order valence-corrected chi connectivity index (χ0v) is 13.8. The van der Waals surface area contributed by atoms with Crippen LogP contribution in [0.2, 0.25) is 0 Å². The SMILES string of the molecule is CC(C)(CNC(=O)c1cn(-c2ccc(Br)cc2)cn1)C(=O)O. The van der Waals surface area contributed by atoms with Gasteiger partial charge in [-0.05, 0) is 38.1 Å². The molecule has 116 valence electrons. The molecule has 1 amide bonds. The highest BCUT2D eigenvalue weighted by molar-refractivity contribution is 9.10. The molecule has 6 nitrogen and oxygen atoms in total. The average molecular weight is 366 g/mol. The molecular weight excluding hydrogens is 350 g/mol. The van der Waals surface area contributed by atoms with Crippen LogP contribution in [0.4, 0.5) is 0 Å². The number of carbonyl (C=O) groups is 2. The zero-order valence-electron chi connectivity index (χ0n) is 12.2. The van der Waals surface area contributed by atoms with E-state index >= 15 is 0 Å². The van der Waals surface area contributed by atoms with Gasteiger partial charge in [0.25, 0.3) is 5.91 Å². The second-order valence-electron chi connectivity index (χ2n) is 5.51. The second-order valence-corrected chi connectivity index (χ2v) is 6.43. The molecule has 1 aromatic heterocycles. The van der Waals surface area contributed by atoms with E-state index in [-0.39, 0.29) is 12.2 Å². The van der Waals surface area contributed by atoms with Crippen LogP contribution in [0.25, 0.3) is 5.69 Å². The van der Waals surface area contributed by atoms with E-state index in [1.54, 1.807) is 30.9 Å². The normalized spacial score (nSPS) is 11.2. The van der Waals surface area contributed by atoms with Gasteiger partial charge in [0.1, 0.15) is 12.0 Å². The lowest BCUT2D eigenvalue weighted by Gasteiger charge is -2.18. The number of hydrogen-bond acceptors (Lipinski definition) is 3. The van der Waals surface area contributed by atoms with Gasteiger partial charge >= 0.3 is 5.97 Å². The molecule has 0 radical (unpaired) electrons. The van der Waals surface area contributed by atoms with E-state index in [4.69, 9.17) is 5.11 Å². The fourth-order valence-corrected chi connectivity index (χ4v) is 1.93. The van der Waals surface area contributed by atoms with Gasteiger partial charge in [-0.3, -0.25) is 9.59 Å². The van der Waals surface area contributed by atoms with Crippen molar-refractivity contribution in [3.8, 4) is 5.69 Å². The van der Waals surface area contributed by atoms with E-state index < -0.39 is 17.3 Å². The summed E-state index contributed by atoms with van der Waals surface area (Å²) in [5, 5.41) is 11.6. The van der Waals surface area contributed by atoms with Crippen LogP contribution in [0.5, 0.6) is 0 Å². The summed E-state index contributed by atoms with van der Waals surface area (Å²) in [6.07, 6.45) is 3.15. The molecular formula is C15H16BrN3O3. The Morgan fingerprint density at radius 1 is 1.32 bits per heavy atom. The fourth-order valence-electron chi connectivity index (χ4n) is 1.66. The van der Waals surface area contributed by atoms with Crippen molar-refractivity contribution in [3.05, 3.63) is 47.0 Å². The maximum atomic E-state index is 12.0. The number of nitrogens with one attached hydrogen (secondary N) is 1. The third-order valence-corrected chi connectivity index (χ3v) is 3.74. The number of nitrogens with zero attached hydrogens (tertiary/aromatic N) is 2. The van der Waals surface area contributed by atoms with E-state index in [1.807, 2.05) is 24.3 Å². The summed E-state index contributed by atoms with van der Waals surface area (Å²) in [4.78, 5) is 27.1. The number of halogens is 1. The maximum Gasteiger partial charge on any atom is 0.310 e. The molecule has 1 heterocycles. The molecule has 7 heteroatoms. The Bertz CT molecular complexity index is 692. The van der Waals surface area contributed by atoms with Crippen molar-refractivity contribution in [1.29, 1.82) is 0 Å². The molecule has 2 N–H and O–H groups in total. The molecule has 0 bridgehead atoms. The number of carboxylic acid groups (broad SMARTS) is 1. The quantitative estimate of drug-likeness (QED) is 0.852. The van der Waals surface area contributed by atoms with Crippen LogP contribution in [-0.2, 0) is 4.79 Å². The van der Waals surface area contributed by atoms with Crippen LogP contribution in [0.3, 0.4) is 0 Å². The Hall–Kier alpha value is -2.15. The first-order chi connectivity index (χ1) is 10.3. The second kappa shape index (κ2) is 6.31. The molecule has 0 saturated carbocycles. The topological polar surface area (TPSA) is 84.2 Å². The van der Waals surface area contributed by atoms with E-state index in [1.165, 1.54) is 0 Å². The predicted molar refractivity (Wildman–Crippen MR) is 85.0 cm³/mol. The molecule has 0 aliphatic rings. The number of carbonyl (C=O) groups excluding carboxylic acids is 1. The lowest BCUT2D eigenvalue weighted by Crippen LogP contribution is -2.39. The van der Waals surface area contributed by atoms with Crippen LogP contribution in [0.1, 0.15) is 24.3 Å². The van der Waals surface area contributed by atoms with Crippen molar-refractivity contribution in [2.24, 2.45) is 5.41 Å². The highest BCUT2D eigenvalue weighted by Gasteiger charge is 2.28. The van der Waals surface area contributed by atoms with Crippen LogP contribution in [0.15, 0.2) is 41.3 Å². The zero-order chi connectivity index (χ0) is 16.3. The van der Waals surface area contributed by atoms with Crippen LogP contribution in [-0.4, -0.2) is 33.1 Å². The lowest BCUT2D eigenvalue weighted by molar-refractivity contribution is -0.146. The standard InChI is InChI=1S/C15H16BrN3O3/c1-15(2,14(21)22)8-17-13(20)12-7-19(9-18-12)11-5-3-10(16)4-6-11/h3-7,9H,8H2,1-2H3,(H,17,20)(H,21,22). The number of aliphatic carboxylic acids is 1. The van der Waals surface area contributed by atoms with Crippen molar-refractivity contribution in [1.82, 2.24) is 14.9 Å². The molecule has 2 rings (SSSR count). The summed E-state index contributed by atoms with van der Waals surface area (Å²) in [6.45, 7) is 3.14. The third kappa shape index (κ3) is 3.73. The Morgan fingerprint density at radius 2 is 1.95 bits per heavy atom. The molecule has 22 heavy (non-hydrogen) atoms. The molecule has 0 unspecified atom stereocenters. The highest BCUT2D eigenvalue weighted by atomic mass is 79.9. The number of imidazole rings is 1. The minimum absolute atomic E-state index is 0.0340. The van der Waals surface area contributed by atoms with Gasteiger partial charge in [0.2, 0.25) is 0 Å². The first-order valence-corrected chi connectivity index (χ1v) is 7.40. The number of aromatic nitrogens is 2. The van der Waals surface area contributed by atoms with Crippen LogP contribution >= 0.6 is 15.9 Å². The third-order valence-electron chi connectivity index (χ3n) is 3.21. The predicted octanol–water partition coefficient (Wildman–Crippen LogP) is 2.48. The molecule has 0 atom stereocenters. The summed E-state index contributed by atoms with van der Waals surface area (Å²) in [5.41, 5.74) is 0.0916. The first kappa shape index (κ1) is 16.2. The Labute approximate surface area is 136 Å². The number of amides is 1. The summed E-state index contributed by atoms with van der Waals surface area (Å²) >= 11 is 3.36. The molecule has 0 spiro atoms. The van der Waals surface area contributed by atoms with E-state index in [2.05, 4.69) is 26.2 Å². The largest absolute Gasteiger partial charge is 0.481 e. The van der Waals surface area contributed by atoms with Crippen molar-refractivity contribution < 1.29 is 14.7 Å². The van der Waals surface area contributed by atoms with Gasteiger partial charge in [-0.15, -0.1) is 0 Å². The van der Waals surface area contributed by atoms with Gasteiger partial charge in [0.15, 0.2) is 0 Å². The van der Waals surface area contributed by atoms with Gasteiger partial charge in [-0.1, -0.05) is 15.9 Å². The Kier molecular flexibility index (Phi) is 4.65. The summed E-state index contributed by atoms with van der Waals surface area (Å²) in [7, 11) is 0. The Balaban J connectivity index is 2.06. The van der Waals surface area contributed by atoms with Crippen molar-refractivity contribution >= 4 is 27.8 Å². The van der Waals surface area contributed by atoms with Crippen molar-refractivity contribution in [2.75, 3.05) is 6.54 Å². The van der Waals surface area contributed by atoms with E-state index in [9.17, 15) is 9.59 Å². The van der Waals surface area contributed by atoms with E-state index in [0.29, 0.717) is 0 Å². The highest BCUT2D eigenvalue weighted by Crippen LogP contribution is 2.15. The smallest absolute Gasteiger partial charge is 0.310 e. The molecule has 0 aliphatic heterocycles. The minimum atomic E-state index is -1.02. The van der Waals surface area contributed by atoms with Crippen LogP contribution < -0.4 is 5.32 Å². The number of hydrogen-bond donors (Lipinski definition) is 2. The lowest BCUT2D eigenvalue weighted by atomic mass is 9.94. The summed E-state index contributed by atoms with van der Waals surface area (Å²) in [5.74, 6) is -1.36. The molecule has 0 fully saturated rings. The van der Waals surface area contributed by atoms with Gasteiger partial charge in [-0.2, -0.15) is 0 Å². The maximum absolute atomic E-state index is 12.0. The number of benzene rings is 1. The van der Waals surface area contributed by atoms with Gasteiger partial charge < -0.3 is 15.0 Å². The number of rotatable bonds is 5. The van der Waals surface area contributed by atoms with E-state index in [0.717, 1.165) is 10.2 Å². The van der Waals surface area contributed by atoms with Gasteiger partial charge in [0.05, 0.1) is 5.41 Å². The summed E-state index contributed by atoms with van der Waals surface area (Å²) < 4.78 is 2.69. The van der Waals surface area contributed by atoms with Gasteiger partial charge in [0, 0.05) is 22.9 Å². The fraction of sp³-hybridized carbons (Fsp3) is 0.267. The Morgan fingerprint density at radius 3 is 2.55 bits per heavy atom. The summed E-state index contributed by atoms with van der Waals surface area (Å²) in [6, 6.07) is 7.57. The van der Waals surface area contributed by atoms with Gasteiger partial charge in [-0.25, -0.2) is 4.98 Å². The molecule has 1 aromatic carbocycles. The molecule has 2 aromatic rings. The van der Waals surface area contributed by atoms with Crippen molar-refractivity contribution in [3.63, 3.8) is 0 Å². The monoisotopic (exact) mass is 365 g/mol. The molecule has 0 saturated heterocycles.